The summed E-state index contributed by atoms with van der Waals surface area (Å²) in [6, 6.07) is 5.85. The third kappa shape index (κ3) is 4.75. The van der Waals surface area contributed by atoms with Crippen molar-refractivity contribution in [3.63, 3.8) is 0 Å². The molecule has 1 aliphatic rings. The molecule has 0 atom stereocenters. The van der Waals surface area contributed by atoms with Gasteiger partial charge >= 0.3 is 0 Å². The van der Waals surface area contributed by atoms with Crippen molar-refractivity contribution < 1.29 is 14.3 Å². The number of hydrogen-bond acceptors (Lipinski definition) is 5. The van der Waals surface area contributed by atoms with E-state index in [2.05, 4.69) is 27.7 Å². The molecular weight excluding hydrogens is 445 g/mol. The van der Waals surface area contributed by atoms with Crippen LogP contribution in [0.4, 0.5) is 0 Å². The molecule has 1 aromatic carbocycles. The number of carbonyl (C=O) groups is 1. The second kappa shape index (κ2) is 9.03. The number of rotatable bonds is 7. The number of hydrazone groups is 1. The highest BCUT2D eigenvalue weighted by Crippen LogP contribution is 2.36. The summed E-state index contributed by atoms with van der Waals surface area (Å²) in [7, 11) is 0. The smallest absolute Gasteiger partial charge is 0.275 e. The lowest BCUT2D eigenvalue weighted by atomic mass is 10.1. The number of nitrogens with zero attached hydrogens (tertiary/aromatic N) is 3. The van der Waals surface area contributed by atoms with Crippen LogP contribution >= 0.6 is 22.6 Å². The fourth-order valence-electron chi connectivity index (χ4n) is 2.50. The van der Waals surface area contributed by atoms with Gasteiger partial charge in [-0.25, -0.2) is 5.01 Å². The van der Waals surface area contributed by atoms with Crippen LogP contribution in [-0.4, -0.2) is 35.9 Å². The van der Waals surface area contributed by atoms with Crippen molar-refractivity contribution in [3.8, 4) is 17.6 Å². The Hall–Kier alpha value is -2.08. The van der Waals surface area contributed by atoms with Crippen molar-refractivity contribution in [2.24, 2.45) is 5.10 Å². The van der Waals surface area contributed by atoms with Gasteiger partial charge in [-0.15, -0.1) is 0 Å². The predicted octanol–water partition coefficient (Wildman–Crippen LogP) is 3.99. The van der Waals surface area contributed by atoms with Gasteiger partial charge in [0, 0.05) is 0 Å². The molecule has 0 radical (unpaired) electrons. The molecule has 1 heterocycles. The number of hydrogen-bond donors (Lipinski definition) is 0. The molecule has 6 nitrogen and oxygen atoms in total. The minimum absolute atomic E-state index is 0.0337. The molecule has 1 aliphatic heterocycles. The van der Waals surface area contributed by atoms with Crippen molar-refractivity contribution in [1.82, 2.24) is 5.01 Å². The Morgan fingerprint density at radius 1 is 1.42 bits per heavy atom. The maximum Gasteiger partial charge on any atom is 0.275 e. The van der Waals surface area contributed by atoms with E-state index in [9.17, 15) is 4.79 Å². The van der Waals surface area contributed by atoms with E-state index in [1.807, 2.05) is 39.0 Å². The molecule has 0 fully saturated rings. The van der Waals surface area contributed by atoms with Crippen LogP contribution in [0.15, 0.2) is 22.8 Å². The minimum Gasteiger partial charge on any atom is -0.490 e. The fourth-order valence-corrected chi connectivity index (χ4v) is 3.25. The second-order valence-corrected chi connectivity index (χ2v) is 7.17. The van der Waals surface area contributed by atoms with Gasteiger partial charge in [0.25, 0.3) is 5.91 Å². The lowest BCUT2D eigenvalue weighted by Gasteiger charge is -2.17. The number of ether oxygens (including phenoxy) is 2. The zero-order chi connectivity index (χ0) is 19.3. The molecule has 26 heavy (non-hydrogen) atoms. The summed E-state index contributed by atoms with van der Waals surface area (Å²) in [6.07, 6.45) is 2.09. The predicted molar refractivity (Wildman–Crippen MR) is 109 cm³/mol. The lowest BCUT2D eigenvalue weighted by Crippen LogP contribution is -2.22. The van der Waals surface area contributed by atoms with E-state index in [0.717, 1.165) is 9.13 Å². The third-order valence-corrected chi connectivity index (χ3v) is 4.36. The highest BCUT2D eigenvalue weighted by molar-refractivity contribution is 14.1. The average Bonchev–Trinajstić information content (AvgIpc) is 2.83. The first-order valence-electron chi connectivity index (χ1n) is 8.46. The quantitative estimate of drug-likeness (QED) is 0.449. The molecule has 7 heteroatoms. The molecule has 0 unspecified atom stereocenters. The van der Waals surface area contributed by atoms with Gasteiger partial charge in [0.05, 0.1) is 46.6 Å². The zero-order valence-electron chi connectivity index (χ0n) is 15.4. The second-order valence-electron chi connectivity index (χ2n) is 6.01. The number of nitriles is 1. The Bertz CT molecular complexity index is 794. The van der Waals surface area contributed by atoms with Gasteiger partial charge in [-0.2, -0.15) is 10.4 Å². The summed E-state index contributed by atoms with van der Waals surface area (Å²) >= 11 is 2.21. The van der Waals surface area contributed by atoms with E-state index in [-0.39, 0.29) is 18.4 Å². The molecule has 0 saturated heterocycles. The first kappa shape index (κ1) is 20.2. The maximum atomic E-state index is 12.5. The first-order chi connectivity index (χ1) is 12.4. The van der Waals surface area contributed by atoms with Gasteiger partial charge in [0.1, 0.15) is 0 Å². The van der Waals surface area contributed by atoms with Crippen molar-refractivity contribution >= 4 is 40.3 Å². The Morgan fingerprint density at radius 3 is 2.77 bits per heavy atom. The molecule has 138 valence electrons. The fraction of sp³-hybridized carbons (Fsp3) is 0.421. The van der Waals surface area contributed by atoms with Crippen molar-refractivity contribution in [2.75, 3.05) is 13.2 Å². The normalized spacial score (nSPS) is 15.4. The molecule has 1 aromatic rings. The zero-order valence-corrected chi connectivity index (χ0v) is 17.5. The number of amides is 1. The van der Waals surface area contributed by atoms with Crippen LogP contribution in [0.3, 0.4) is 0 Å². The van der Waals surface area contributed by atoms with Gasteiger partial charge in [-0.05, 0) is 74.1 Å². The minimum atomic E-state index is -0.187. The Labute approximate surface area is 167 Å². The van der Waals surface area contributed by atoms with E-state index in [1.165, 1.54) is 5.01 Å². The van der Waals surface area contributed by atoms with E-state index in [0.29, 0.717) is 35.9 Å². The number of halogens is 1. The molecular formula is C19H22IN3O3. The van der Waals surface area contributed by atoms with Crippen molar-refractivity contribution in [3.05, 3.63) is 26.8 Å². The van der Waals surface area contributed by atoms with Crippen LogP contribution in [0.25, 0.3) is 6.08 Å². The number of carbonyl (C=O) groups excluding carboxylic acids is 1. The molecule has 0 spiro atoms. The topological polar surface area (TPSA) is 74.9 Å². The van der Waals surface area contributed by atoms with Crippen LogP contribution in [-0.2, 0) is 4.79 Å². The first-order valence-corrected chi connectivity index (χ1v) is 9.54. The molecule has 0 bridgehead atoms. The Balaban J connectivity index is 2.37. The van der Waals surface area contributed by atoms with E-state index >= 15 is 0 Å². The van der Waals surface area contributed by atoms with Crippen molar-refractivity contribution in [1.29, 1.82) is 5.26 Å². The van der Waals surface area contributed by atoms with Crippen LogP contribution < -0.4 is 9.47 Å². The standard InChI is InChI=1S/C19H22IN3O3/c1-5-25-17-11-14(10-16(20)18(17)26-12(2)3)9-15-13(4)22-23(19(15)24)8-6-7-21/h9-12H,5-6,8H2,1-4H3. The van der Waals surface area contributed by atoms with E-state index in [4.69, 9.17) is 14.7 Å². The number of benzene rings is 1. The van der Waals surface area contributed by atoms with Crippen LogP contribution in [0.5, 0.6) is 11.5 Å². The molecule has 1 amide bonds. The van der Waals surface area contributed by atoms with Crippen LogP contribution in [0.2, 0.25) is 0 Å². The average molecular weight is 467 g/mol. The third-order valence-electron chi connectivity index (χ3n) is 3.56. The SMILES string of the molecule is CCOc1cc(C=C2C(=O)N(CCC#N)N=C2C)cc(I)c1OC(C)C. The summed E-state index contributed by atoms with van der Waals surface area (Å²) in [6.45, 7) is 8.46. The van der Waals surface area contributed by atoms with Gasteiger partial charge in [-0.1, -0.05) is 0 Å². The Kier molecular flexibility index (Phi) is 7.03. The van der Waals surface area contributed by atoms with Gasteiger partial charge in [0.2, 0.25) is 0 Å². The molecule has 2 rings (SSSR count). The highest BCUT2D eigenvalue weighted by Gasteiger charge is 2.27. The highest BCUT2D eigenvalue weighted by atomic mass is 127. The van der Waals surface area contributed by atoms with Gasteiger partial charge in [-0.3, -0.25) is 4.79 Å². The van der Waals surface area contributed by atoms with Gasteiger partial charge < -0.3 is 9.47 Å². The monoisotopic (exact) mass is 467 g/mol. The summed E-state index contributed by atoms with van der Waals surface area (Å²) in [5, 5.41) is 14.3. The summed E-state index contributed by atoms with van der Waals surface area (Å²) < 4.78 is 12.5. The molecule has 0 aliphatic carbocycles. The van der Waals surface area contributed by atoms with Crippen LogP contribution in [0.1, 0.15) is 39.7 Å². The summed E-state index contributed by atoms with van der Waals surface area (Å²) in [5.74, 6) is 1.18. The Morgan fingerprint density at radius 2 is 2.15 bits per heavy atom. The van der Waals surface area contributed by atoms with Crippen molar-refractivity contribution in [2.45, 2.75) is 40.2 Å². The van der Waals surface area contributed by atoms with E-state index < -0.39 is 0 Å². The van der Waals surface area contributed by atoms with Gasteiger partial charge in [0.15, 0.2) is 11.5 Å². The molecule has 0 N–H and O–H groups in total. The van der Waals surface area contributed by atoms with Crippen LogP contribution in [0, 0.1) is 14.9 Å². The molecule has 0 saturated carbocycles. The lowest BCUT2D eigenvalue weighted by molar-refractivity contribution is -0.125. The summed E-state index contributed by atoms with van der Waals surface area (Å²) in [5.41, 5.74) is 2.01. The maximum absolute atomic E-state index is 12.5. The molecule has 0 aromatic heterocycles. The van der Waals surface area contributed by atoms with E-state index in [1.54, 1.807) is 13.0 Å². The summed E-state index contributed by atoms with van der Waals surface area (Å²) in [4.78, 5) is 12.5. The largest absolute Gasteiger partial charge is 0.490 e.